The Kier molecular flexibility index (Phi) is 4.15. The highest BCUT2D eigenvalue weighted by Crippen LogP contribution is 2.29. The van der Waals surface area contributed by atoms with Crippen LogP contribution in [-0.4, -0.2) is 24.7 Å². The zero-order valence-corrected chi connectivity index (χ0v) is 10.1. The summed E-state index contributed by atoms with van der Waals surface area (Å²) in [7, 11) is 2.74. The van der Waals surface area contributed by atoms with Gasteiger partial charge in [0.25, 0.3) is 0 Å². The van der Waals surface area contributed by atoms with Gasteiger partial charge in [-0.3, -0.25) is 0 Å². The molecule has 0 spiro atoms. The van der Waals surface area contributed by atoms with Gasteiger partial charge in [0.2, 0.25) is 0 Å². The summed E-state index contributed by atoms with van der Waals surface area (Å²) in [6.07, 6.45) is 1.49. The number of ether oxygens (including phenoxy) is 2. The molecule has 0 aliphatic carbocycles. The summed E-state index contributed by atoms with van der Waals surface area (Å²) in [5, 5.41) is 0. The normalized spacial score (nSPS) is 34.8. The number of hydrogen-bond donors (Lipinski definition) is 0. The van der Waals surface area contributed by atoms with Crippen molar-refractivity contribution < 1.29 is 9.47 Å². The Labute approximate surface area is 83.6 Å². The minimum absolute atomic E-state index is 0.00190. The minimum atomic E-state index is -0.00190. The van der Waals surface area contributed by atoms with Gasteiger partial charge in [-0.1, -0.05) is 27.7 Å². The molecule has 0 aromatic heterocycles. The molecule has 1 rings (SSSR count). The first-order valence-corrected chi connectivity index (χ1v) is 5.89. The topological polar surface area (TPSA) is 18.5 Å². The van der Waals surface area contributed by atoms with Gasteiger partial charge in [-0.15, -0.1) is 9.24 Å². The van der Waals surface area contributed by atoms with Crippen molar-refractivity contribution in [2.75, 3.05) is 6.16 Å². The van der Waals surface area contributed by atoms with E-state index in [0.29, 0.717) is 11.8 Å². The second-order valence-electron chi connectivity index (χ2n) is 4.37. The van der Waals surface area contributed by atoms with Crippen molar-refractivity contribution in [3.63, 3.8) is 0 Å². The summed E-state index contributed by atoms with van der Waals surface area (Å²) in [4.78, 5) is 0. The minimum Gasteiger partial charge on any atom is -0.346 e. The first kappa shape index (κ1) is 11.4. The van der Waals surface area contributed by atoms with Crippen LogP contribution in [0.25, 0.3) is 0 Å². The van der Waals surface area contributed by atoms with Crippen molar-refractivity contribution in [2.45, 2.75) is 46.2 Å². The van der Waals surface area contributed by atoms with Gasteiger partial charge in [0.15, 0.2) is 6.29 Å². The molecule has 0 aromatic carbocycles. The first-order valence-electron chi connectivity index (χ1n) is 5.07. The van der Waals surface area contributed by atoms with Gasteiger partial charge < -0.3 is 9.47 Å². The molecule has 1 heterocycles. The van der Waals surface area contributed by atoms with E-state index < -0.39 is 0 Å². The Morgan fingerprint density at radius 2 is 1.69 bits per heavy atom. The van der Waals surface area contributed by atoms with Gasteiger partial charge >= 0.3 is 0 Å². The second-order valence-corrected chi connectivity index (χ2v) is 4.84. The van der Waals surface area contributed by atoms with E-state index in [-0.39, 0.29) is 18.5 Å². The monoisotopic (exact) mass is 204 g/mol. The smallest absolute Gasteiger partial charge is 0.160 e. The highest BCUT2D eigenvalue weighted by Gasteiger charge is 2.37. The lowest BCUT2D eigenvalue weighted by Crippen LogP contribution is -2.28. The molecule has 1 aliphatic rings. The summed E-state index contributed by atoms with van der Waals surface area (Å²) in [6, 6.07) is 0. The average Bonchev–Trinajstić information content (AvgIpc) is 2.47. The van der Waals surface area contributed by atoms with Crippen molar-refractivity contribution in [2.24, 2.45) is 11.8 Å². The molecule has 1 saturated heterocycles. The van der Waals surface area contributed by atoms with Crippen LogP contribution >= 0.6 is 9.24 Å². The van der Waals surface area contributed by atoms with Gasteiger partial charge in [-0.05, 0) is 12.1 Å². The van der Waals surface area contributed by atoms with Crippen LogP contribution in [0.3, 0.4) is 0 Å². The van der Waals surface area contributed by atoms with E-state index >= 15 is 0 Å². The van der Waals surface area contributed by atoms with Crippen molar-refractivity contribution in [1.29, 1.82) is 0 Å². The quantitative estimate of drug-likeness (QED) is 0.657. The van der Waals surface area contributed by atoms with Crippen molar-refractivity contribution in [3.05, 3.63) is 0 Å². The van der Waals surface area contributed by atoms with Gasteiger partial charge in [0.1, 0.15) is 0 Å². The van der Waals surface area contributed by atoms with Crippen molar-refractivity contribution in [1.82, 2.24) is 0 Å². The molecule has 1 aliphatic heterocycles. The third kappa shape index (κ3) is 2.65. The maximum absolute atomic E-state index is 5.85. The van der Waals surface area contributed by atoms with E-state index in [4.69, 9.17) is 9.47 Å². The predicted molar refractivity (Wildman–Crippen MR) is 57.8 cm³/mol. The van der Waals surface area contributed by atoms with E-state index in [2.05, 4.69) is 36.9 Å². The molecular weight excluding hydrogens is 183 g/mol. The van der Waals surface area contributed by atoms with Gasteiger partial charge in [-0.2, -0.15) is 0 Å². The standard InChI is InChI=1S/C10H21O2P/c1-6(2)9-8(5-13)11-10(12-9)7(3)4/h6-10H,5,13H2,1-4H3. The van der Waals surface area contributed by atoms with Gasteiger partial charge in [-0.25, -0.2) is 0 Å². The molecule has 78 valence electrons. The molecule has 13 heavy (non-hydrogen) atoms. The zero-order valence-electron chi connectivity index (χ0n) is 8.99. The summed E-state index contributed by atoms with van der Waals surface area (Å²) in [6.45, 7) is 8.63. The molecule has 4 unspecified atom stereocenters. The predicted octanol–water partition coefficient (Wildman–Crippen LogP) is 2.28. The van der Waals surface area contributed by atoms with Gasteiger partial charge in [0.05, 0.1) is 12.2 Å². The lowest BCUT2D eigenvalue weighted by molar-refractivity contribution is -0.0974. The Bertz CT molecular complexity index is 159. The molecule has 4 atom stereocenters. The maximum Gasteiger partial charge on any atom is 0.160 e. The van der Waals surface area contributed by atoms with Crippen LogP contribution in [-0.2, 0) is 9.47 Å². The van der Waals surface area contributed by atoms with Crippen LogP contribution in [0, 0.1) is 11.8 Å². The number of hydrogen-bond acceptors (Lipinski definition) is 2. The number of rotatable bonds is 3. The molecule has 0 aromatic rings. The van der Waals surface area contributed by atoms with Crippen molar-refractivity contribution in [3.8, 4) is 0 Å². The van der Waals surface area contributed by atoms with Crippen LogP contribution in [0.15, 0.2) is 0 Å². The molecule has 3 heteroatoms. The largest absolute Gasteiger partial charge is 0.346 e. The maximum atomic E-state index is 5.85. The van der Waals surface area contributed by atoms with Crippen LogP contribution in [0.1, 0.15) is 27.7 Å². The van der Waals surface area contributed by atoms with E-state index in [9.17, 15) is 0 Å². The highest BCUT2D eigenvalue weighted by atomic mass is 31.0. The third-order valence-corrected chi connectivity index (χ3v) is 2.86. The molecule has 2 nitrogen and oxygen atoms in total. The second kappa shape index (κ2) is 4.72. The molecule has 0 N–H and O–H groups in total. The molecule has 0 amide bonds. The third-order valence-electron chi connectivity index (χ3n) is 2.40. The Hall–Kier alpha value is 0.350. The van der Waals surface area contributed by atoms with Gasteiger partial charge in [0, 0.05) is 5.92 Å². The van der Waals surface area contributed by atoms with E-state index in [0.717, 1.165) is 6.16 Å². The summed E-state index contributed by atoms with van der Waals surface area (Å²) < 4.78 is 11.7. The fraction of sp³-hybridized carbons (Fsp3) is 1.00. The molecule has 0 bridgehead atoms. The molecular formula is C10H21O2P. The molecule has 0 radical (unpaired) electrons. The lowest BCUT2D eigenvalue weighted by atomic mass is 10.0. The Morgan fingerprint density at radius 1 is 1.08 bits per heavy atom. The van der Waals surface area contributed by atoms with Crippen LogP contribution in [0.4, 0.5) is 0 Å². The van der Waals surface area contributed by atoms with Crippen molar-refractivity contribution >= 4 is 9.24 Å². The first-order chi connectivity index (χ1) is 6.06. The van der Waals surface area contributed by atoms with Crippen LogP contribution < -0.4 is 0 Å². The van der Waals surface area contributed by atoms with E-state index in [1.807, 2.05) is 0 Å². The molecule has 0 saturated carbocycles. The highest BCUT2D eigenvalue weighted by molar-refractivity contribution is 7.16. The fourth-order valence-electron chi connectivity index (χ4n) is 1.61. The SMILES string of the molecule is CC(C)C1OC(CP)C(C(C)C)O1. The average molecular weight is 204 g/mol. The Morgan fingerprint density at radius 3 is 2.00 bits per heavy atom. The van der Waals surface area contributed by atoms with E-state index in [1.54, 1.807) is 0 Å². The van der Waals surface area contributed by atoms with E-state index in [1.165, 1.54) is 0 Å². The van der Waals surface area contributed by atoms with Crippen LogP contribution in [0.5, 0.6) is 0 Å². The lowest BCUT2D eigenvalue weighted by Gasteiger charge is -2.18. The van der Waals surface area contributed by atoms with Crippen LogP contribution in [0.2, 0.25) is 0 Å². The zero-order chi connectivity index (χ0) is 10.0. The summed E-state index contributed by atoms with van der Waals surface area (Å²) >= 11 is 0. The fourth-order valence-corrected chi connectivity index (χ4v) is 1.99. The summed E-state index contributed by atoms with van der Waals surface area (Å²) in [5.74, 6) is 0.983. The molecule has 1 fully saturated rings. The summed E-state index contributed by atoms with van der Waals surface area (Å²) in [5.41, 5.74) is 0. The Balaban J connectivity index is 2.56.